The Morgan fingerprint density at radius 3 is 2.62 bits per heavy atom. The molecule has 0 aliphatic heterocycles. The van der Waals surface area contributed by atoms with Crippen molar-refractivity contribution in [2.45, 2.75) is 6.61 Å². The second-order valence-electron chi connectivity index (χ2n) is 4.32. The van der Waals surface area contributed by atoms with Crippen molar-refractivity contribution in [1.82, 2.24) is 15.0 Å². The van der Waals surface area contributed by atoms with Gasteiger partial charge in [-0.1, -0.05) is 23.7 Å². The molecule has 21 heavy (non-hydrogen) atoms. The summed E-state index contributed by atoms with van der Waals surface area (Å²) in [6.07, 6.45) is 3.26. The fourth-order valence-corrected chi connectivity index (χ4v) is 2.02. The van der Waals surface area contributed by atoms with Gasteiger partial charge in [0, 0.05) is 6.20 Å². The SMILES string of the molecule is COc1ccc(COc2nc3ccncc3nc2Cl)cc1. The van der Waals surface area contributed by atoms with Gasteiger partial charge in [0.2, 0.25) is 0 Å². The molecule has 5 nitrogen and oxygen atoms in total. The van der Waals surface area contributed by atoms with E-state index in [9.17, 15) is 0 Å². The largest absolute Gasteiger partial charge is 0.497 e. The second-order valence-corrected chi connectivity index (χ2v) is 4.68. The molecule has 0 aliphatic carbocycles. The lowest BCUT2D eigenvalue weighted by molar-refractivity contribution is 0.294. The fourth-order valence-electron chi connectivity index (χ4n) is 1.83. The predicted molar refractivity (Wildman–Crippen MR) is 79.7 cm³/mol. The van der Waals surface area contributed by atoms with Crippen molar-refractivity contribution < 1.29 is 9.47 Å². The summed E-state index contributed by atoms with van der Waals surface area (Å²) in [4.78, 5) is 12.5. The Labute approximate surface area is 126 Å². The maximum Gasteiger partial charge on any atom is 0.253 e. The number of rotatable bonds is 4. The molecular weight excluding hydrogens is 290 g/mol. The number of pyridine rings is 1. The van der Waals surface area contributed by atoms with E-state index in [-0.39, 0.29) is 5.15 Å². The first-order valence-electron chi connectivity index (χ1n) is 6.29. The Hall–Kier alpha value is -2.40. The lowest BCUT2D eigenvalue weighted by Gasteiger charge is -2.08. The van der Waals surface area contributed by atoms with Crippen LogP contribution in [0.15, 0.2) is 42.7 Å². The number of aromatic nitrogens is 3. The Balaban J connectivity index is 1.79. The molecule has 0 atom stereocenters. The minimum absolute atomic E-state index is 0.226. The maximum atomic E-state index is 6.07. The molecule has 0 spiro atoms. The van der Waals surface area contributed by atoms with E-state index in [1.165, 1.54) is 0 Å². The number of hydrogen-bond acceptors (Lipinski definition) is 5. The summed E-state index contributed by atoms with van der Waals surface area (Å²) < 4.78 is 10.7. The molecule has 0 unspecified atom stereocenters. The van der Waals surface area contributed by atoms with Gasteiger partial charge in [0.1, 0.15) is 17.9 Å². The van der Waals surface area contributed by atoms with E-state index < -0.39 is 0 Å². The van der Waals surface area contributed by atoms with Gasteiger partial charge in [0.15, 0.2) is 5.15 Å². The summed E-state index contributed by atoms with van der Waals surface area (Å²) >= 11 is 6.07. The first-order valence-corrected chi connectivity index (χ1v) is 6.67. The van der Waals surface area contributed by atoms with Gasteiger partial charge in [-0.3, -0.25) is 4.98 Å². The van der Waals surface area contributed by atoms with E-state index in [0.717, 1.165) is 11.3 Å². The van der Waals surface area contributed by atoms with Crippen LogP contribution in [0.1, 0.15) is 5.56 Å². The van der Waals surface area contributed by atoms with Crippen molar-refractivity contribution in [3.8, 4) is 11.6 Å². The Kier molecular flexibility index (Phi) is 3.83. The van der Waals surface area contributed by atoms with Crippen LogP contribution in [-0.2, 0) is 6.61 Å². The van der Waals surface area contributed by atoms with Crippen molar-refractivity contribution in [1.29, 1.82) is 0 Å². The van der Waals surface area contributed by atoms with Crippen LogP contribution in [0.3, 0.4) is 0 Å². The molecule has 3 rings (SSSR count). The Bertz CT molecular complexity index is 762. The highest BCUT2D eigenvalue weighted by atomic mass is 35.5. The quantitative estimate of drug-likeness (QED) is 0.740. The first-order chi connectivity index (χ1) is 10.3. The zero-order valence-corrected chi connectivity index (χ0v) is 12.0. The predicted octanol–water partition coefficient (Wildman–Crippen LogP) is 3.27. The first kappa shape index (κ1) is 13.6. The second kappa shape index (κ2) is 5.93. The molecule has 6 heteroatoms. The van der Waals surface area contributed by atoms with Gasteiger partial charge in [-0.2, -0.15) is 0 Å². The van der Waals surface area contributed by atoms with Gasteiger partial charge in [-0.15, -0.1) is 0 Å². The number of ether oxygens (including phenoxy) is 2. The van der Waals surface area contributed by atoms with Crippen molar-refractivity contribution in [3.05, 3.63) is 53.4 Å². The fraction of sp³-hybridized carbons (Fsp3) is 0.133. The minimum atomic E-state index is 0.226. The maximum absolute atomic E-state index is 6.07. The number of methoxy groups -OCH3 is 1. The van der Waals surface area contributed by atoms with Crippen LogP contribution in [0.4, 0.5) is 0 Å². The normalized spacial score (nSPS) is 10.6. The zero-order valence-electron chi connectivity index (χ0n) is 11.3. The van der Waals surface area contributed by atoms with Crippen LogP contribution in [0.2, 0.25) is 5.15 Å². The van der Waals surface area contributed by atoms with Crippen LogP contribution in [0.5, 0.6) is 11.6 Å². The molecule has 0 N–H and O–H groups in total. The van der Waals surface area contributed by atoms with Crippen molar-refractivity contribution >= 4 is 22.6 Å². The van der Waals surface area contributed by atoms with Gasteiger partial charge in [0.05, 0.1) is 18.8 Å². The summed E-state index contributed by atoms with van der Waals surface area (Å²) in [6.45, 7) is 0.356. The van der Waals surface area contributed by atoms with Crippen LogP contribution < -0.4 is 9.47 Å². The zero-order chi connectivity index (χ0) is 14.7. The molecular formula is C15H12ClN3O2. The summed E-state index contributed by atoms with van der Waals surface area (Å²) in [5.41, 5.74) is 2.32. The Morgan fingerprint density at radius 2 is 1.86 bits per heavy atom. The minimum Gasteiger partial charge on any atom is -0.497 e. The van der Waals surface area contributed by atoms with Gasteiger partial charge in [-0.25, -0.2) is 9.97 Å². The highest BCUT2D eigenvalue weighted by Gasteiger charge is 2.08. The van der Waals surface area contributed by atoms with E-state index in [2.05, 4.69) is 15.0 Å². The van der Waals surface area contributed by atoms with Gasteiger partial charge in [-0.05, 0) is 23.8 Å². The average molecular weight is 302 g/mol. The summed E-state index contributed by atoms with van der Waals surface area (Å²) in [7, 11) is 1.63. The lowest BCUT2D eigenvalue weighted by atomic mass is 10.2. The monoisotopic (exact) mass is 301 g/mol. The number of hydrogen-bond donors (Lipinski definition) is 0. The number of halogens is 1. The molecule has 106 valence electrons. The summed E-state index contributed by atoms with van der Waals surface area (Å²) in [5, 5.41) is 0.226. The molecule has 0 saturated carbocycles. The number of benzene rings is 1. The topological polar surface area (TPSA) is 57.1 Å². The van der Waals surface area contributed by atoms with Gasteiger partial charge >= 0.3 is 0 Å². The average Bonchev–Trinajstić information content (AvgIpc) is 2.53. The van der Waals surface area contributed by atoms with E-state index in [0.29, 0.717) is 23.5 Å². The smallest absolute Gasteiger partial charge is 0.253 e. The van der Waals surface area contributed by atoms with Crippen molar-refractivity contribution in [2.24, 2.45) is 0 Å². The van der Waals surface area contributed by atoms with E-state index in [1.807, 2.05) is 24.3 Å². The van der Waals surface area contributed by atoms with E-state index in [4.69, 9.17) is 21.1 Å². The third kappa shape index (κ3) is 3.03. The van der Waals surface area contributed by atoms with Crippen molar-refractivity contribution in [3.63, 3.8) is 0 Å². The van der Waals surface area contributed by atoms with E-state index >= 15 is 0 Å². The van der Waals surface area contributed by atoms with Crippen LogP contribution >= 0.6 is 11.6 Å². The standard InChI is InChI=1S/C15H12ClN3O2/c1-20-11-4-2-10(3-5-11)9-21-15-14(16)18-13-8-17-7-6-12(13)19-15/h2-8H,9H2,1H3. The molecule has 0 fully saturated rings. The molecule has 2 heterocycles. The molecule has 0 bridgehead atoms. The van der Waals surface area contributed by atoms with Gasteiger partial charge < -0.3 is 9.47 Å². The van der Waals surface area contributed by atoms with Crippen LogP contribution in [0.25, 0.3) is 11.0 Å². The van der Waals surface area contributed by atoms with Crippen LogP contribution in [-0.4, -0.2) is 22.1 Å². The summed E-state index contributed by atoms with van der Waals surface area (Å²) in [5.74, 6) is 1.11. The van der Waals surface area contributed by atoms with Gasteiger partial charge in [0.25, 0.3) is 5.88 Å². The lowest BCUT2D eigenvalue weighted by Crippen LogP contribution is -2.00. The number of fused-ring (bicyclic) bond motifs is 1. The third-order valence-electron chi connectivity index (χ3n) is 2.93. The van der Waals surface area contributed by atoms with Crippen molar-refractivity contribution in [2.75, 3.05) is 7.11 Å². The molecule has 0 radical (unpaired) electrons. The summed E-state index contributed by atoms with van der Waals surface area (Å²) in [6, 6.07) is 9.35. The highest BCUT2D eigenvalue weighted by Crippen LogP contribution is 2.23. The highest BCUT2D eigenvalue weighted by molar-refractivity contribution is 6.30. The molecule has 0 saturated heterocycles. The molecule has 0 amide bonds. The van der Waals surface area contributed by atoms with Crippen LogP contribution in [0, 0.1) is 0 Å². The van der Waals surface area contributed by atoms with E-state index in [1.54, 1.807) is 25.6 Å². The third-order valence-corrected chi connectivity index (χ3v) is 3.18. The molecule has 3 aromatic rings. The number of nitrogens with zero attached hydrogens (tertiary/aromatic N) is 3. The molecule has 0 aliphatic rings. The molecule has 2 aromatic heterocycles. The Morgan fingerprint density at radius 1 is 1.05 bits per heavy atom. The molecule has 1 aromatic carbocycles.